The molecule has 0 amide bonds. The zero-order chi connectivity index (χ0) is 14.7. The molecule has 0 radical (unpaired) electrons. The van der Waals surface area contributed by atoms with Crippen molar-refractivity contribution in [1.82, 2.24) is 4.90 Å². The van der Waals surface area contributed by atoms with Crippen LogP contribution in [0.5, 0.6) is 0 Å². The highest BCUT2D eigenvalue weighted by Gasteiger charge is 2.18. The summed E-state index contributed by atoms with van der Waals surface area (Å²) in [4.78, 5) is 14.6. The number of halogens is 1. The number of hydrogen-bond acceptors (Lipinski definition) is 2. The van der Waals surface area contributed by atoms with E-state index in [0.717, 1.165) is 25.9 Å². The number of carbonyl (C=O) groups is 1. The predicted octanol–water partition coefficient (Wildman–Crippen LogP) is 3.62. The third-order valence-electron chi connectivity index (χ3n) is 4.05. The number of fused-ring (bicyclic) bond motifs is 1. The molecule has 0 fully saturated rings. The summed E-state index contributed by atoms with van der Waals surface area (Å²) >= 11 is 6.10. The Bertz CT molecular complexity index is 626. The first-order valence-corrected chi connectivity index (χ1v) is 7.69. The molecule has 2 aromatic carbocycles. The van der Waals surface area contributed by atoms with Crippen molar-refractivity contribution in [1.29, 1.82) is 0 Å². The van der Waals surface area contributed by atoms with Crippen LogP contribution in [-0.2, 0) is 12.8 Å². The van der Waals surface area contributed by atoms with Crippen molar-refractivity contribution < 1.29 is 4.79 Å². The highest BCUT2D eigenvalue weighted by Crippen LogP contribution is 2.18. The van der Waals surface area contributed by atoms with E-state index in [-0.39, 0.29) is 5.78 Å². The minimum Gasteiger partial charge on any atom is -0.295 e. The van der Waals surface area contributed by atoms with Crippen molar-refractivity contribution >= 4 is 17.4 Å². The van der Waals surface area contributed by atoms with E-state index in [1.54, 1.807) is 12.1 Å². The van der Waals surface area contributed by atoms with Crippen LogP contribution in [0.2, 0.25) is 5.02 Å². The lowest BCUT2D eigenvalue weighted by Crippen LogP contribution is -2.32. The first-order chi connectivity index (χ1) is 10.2. The molecule has 0 spiro atoms. The lowest BCUT2D eigenvalue weighted by Gasteiger charge is -2.19. The average molecular weight is 300 g/mol. The predicted molar refractivity (Wildman–Crippen MR) is 86.1 cm³/mol. The maximum atomic E-state index is 12.4. The van der Waals surface area contributed by atoms with Gasteiger partial charge in [-0.15, -0.1) is 0 Å². The Morgan fingerprint density at radius 1 is 0.952 bits per heavy atom. The van der Waals surface area contributed by atoms with Gasteiger partial charge in [-0.1, -0.05) is 48.0 Å². The summed E-state index contributed by atoms with van der Waals surface area (Å²) in [6.45, 7) is 2.29. The number of Topliss-reactive ketones (excluding diaryl/α,β-unsaturated/α-hetero) is 1. The van der Waals surface area contributed by atoms with E-state index >= 15 is 0 Å². The molecule has 1 aliphatic rings. The molecule has 0 bridgehead atoms. The maximum Gasteiger partial charge on any atom is 0.178 e. The van der Waals surface area contributed by atoms with Gasteiger partial charge in [0.1, 0.15) is 0 Å². The maximum absolute atomic E-state index is 12.4. The van der Waals surface area contributed by atoms with Gasteiger partial charge in [-0.05, 0) is 36.1 Å². The fourth-order valence-electron chi connectivity index (χ4n) is 2.85. The van der Waals surface area contributed by atoms with E-state index in [0.29, 0.717) is 17.1 Å². The molecule has 0 N–H and O–H groups in total. The molecule has 3 heteroatoms. The van der Waals surface area contributed by atoms with Crippen molar-refractivity contribution in [2.24, 2.45) is 0 Å². The van der Waals surface area contributed by atoms with Crippen LogP contribution in [-0.4, -0.2) is 30.3 Å². The molecule has 1 heterocycles. The largest absolute Gasteiger partial charge is 0.295 e. The first-order valence-electron chi connectivity index (χ1n) is 7.31. The van der Waals surface area contributed by atoms with E-state index in [4.69, 9.17) is 11.6 Å². The molecular weight excluding hydrogens is 282 g/mol. The van der Waals surface area contributed by atoms with Crippen molar-refractivity contribution in [3.63, 3.8) is 0 Å². The van der Waals surface area contributed by atoms with Gasteiger partial charge >= 0.3 is 0 Å². The fraction of sp³-hybridized carbons (Fsp3) is 0.278. The van der Waals surface area contributed by atoms with Gasteiger partial charge in [0, 0.05) is 18.7 Å². The molecule has 2 aromatic rings. The van der Waals surface area contributed by atoms with Crippen LogP contribution in [0.3, 0.4) is 0 Å². The number of nitrogens with zero attached hydrogens (tertiary/aromatic N) is 1. The standard InChI is InChI=1S/C18H18ClNO/c19-17-8-4-3-7-16(17)18(21)13-20-11-9-14-5-1-2-6-15(14)10-12-20/h1-8H,9-13H2. The number of ketones is 1. The van der Waals surface area contributed by atoms with E-state index in [1.807, 2.05) is 12.1 Å². The lowest BCUT2D eigenvalue weighted by atomic mass is 10.0. The van der Waals surface area contributed by atoms with Crippen LogP contribution >= 0.6 is 11.6 Å². The number of benzene rings is 2. The zero-order valence-corrected chi connectivity index (χ0v) is 12.6. The fourth-order valence-corrected chi connectivity index (χ4v) is 3.09. The summed E-state index contributed by atoms with van der Waals surface area (Å²) < 4.78 is 0. The van der Waals surface area contributed by atoms with Gasteiger partial charge in [-0.2, -0.15) is 0 Å². The van der Waals surface area contributed by atoms with Crippen LogP contribution in [0.1, 0.15) is 21.5 Å². The molecule has 0 aliphatic carbocycles. The van der Waals surface area contributed by atoms with Crippen molar-refractivity contribution in [2.45, 2.75) is 12.8 Å². The summed E-state index contributed by atoms with van der Waals surface area (Å²) in [7, 11) is 0. The number of carbonyl (C=O) groups excluding carboxylic acids is 1. The van der Waals surface area contributed by atoms with Gasteiger partial charge in [-0.25, -0.2) is 0 Å². The molecule has 2 nitrogen and oxygen atoms in total. The molecule has 1 aliphatic heterocycles. The van der Waals surface area contributed by atoms with E-state index in [2.05, 4.69) is 29.2 Å². The second-order valence-corrected chi connectivity index (χ2v) is 5.86. The van der Waals surface area contributed by atoms with Crippen LogP contribution in [0, 0.1) is 0 Å². The average Bonchev–Trinajstić information content (AvgIpc) is 2.70. The second kappa shape index (κ2) is 6.42. The summed E-state index contributed by atoms with van der Waals surface area (Å²) in [5.74, 6) is 0.103. The quantitative estimate of drug-likeness (QED) is 0.807. The molecule has 3 rings (SSSR count). The van der Waals surface area contributed by atoms with Gasteiger partial charge in [0.05, 0.1) is 11.6 Å². The van der Waals surface area contributed by atoms with Gasteiger partial charge < -0.3 is 0 Å². The molecule has 0 saturated heterocycles. The van der Waals surface area contributed by atoms with Crippen molar-refractivity contribution in [3.8, 4) is 0 Å². The lowest BCUT2D eigenvalue weighted by molar-refractivity contribution is 0.0933. The van der Waals surface area contributed by atoms with Crippen molar-refractivity contribution in [3.05, 3.63) is 70.2 Å². The third kappa shape index (κ3) is 3.34. The number of hydrogen-bond donors (Lipinski definition) is 0. The Balaban J connectivity index is 1.67. The minimum atomic E-state index is 0.103. The zero-order valence-electron chi connectivity index (χ0n) is 11.9. The van der Waals surface area contributed by atoms with Gasteiger partial charge in [0.2, 0.25) is 0 Å². The van der Waals surface area contributed by atoms with Crippen LogP contribution in [0.15, 0.2) is 48.5 Å². The number of rotatable bonds is 3. The van der Waals surface area contributed by atoms with Crippen molar-refractivity contribution in [2.75, 3.05) is 19.6 Å². The monoisotopic (exact) mass is 299 g/mol. The van der Waals surface area contributed by atoms with E-state index in [1.165, 1.54) is 11.1 Å². The summed E-state index contributed by atoms with van der Waals surface area (Å²) in [5.41, 5.74) is 3.44. The first kappa shape index (κ1) is 14.3. The smallest absolute Gasteiger partial charge is 0.178 e. The molecule has 0 atom stereocenters. The Morgan fingerprint density at radius 3 is 2.14 bits per heavy atom. The Morgan fingerprint density at radius 2 is 1.52 bits per heavy atom. The van der Waals surface area contributed by atoms with Gasteiger partial charge in [0.25, 0.3) is 0 Å². The second-order valence-electron chi connectivity index (χ2n) is 5.45. The Hall–Kier alpha value is -1.64. The highest BCUT2D eigenvalue weighted by atomic mass is 35.5. The normalized spacial score (nSPS) is 15.3. The molecule has 108 valence electrons. The van der Waals surface area contributed by atoms with Crippen LogP contribution in [0.4, 0.5) is 0 Å². The molecular formula is C18H18ClNO. The van der Waals surface area contributed by atoms with Gasteiger partial charge in [-0.3, -0.25) is 9.69 Å². The Labute approximate surface area is 130 Å². The summed E-state index contributed by atoms with van der Waals surface area (Å²) in [5, 5.41) is 0.542. The van der Waals surface area contributed by atoms with Crippen LogP contribution in [0.25, 0.3) is 0 Å². The van der Waals surface area contributed by atoms with Crippen LogP contribution < -0.4 is 0 Å². The SMILES string of the molecule is O=C(CN1CCc2ccccc2CC1)c1ccccc1Cl. The summed E-state index contributed by atoms with van der Waals surface area (Å²) in [6.07, 6.45) is 2.01. The van der Waals surface area contributed by atoms with E-state index in [9.17, 15) is 4.79 Å². The molecule has 0 saturated carbocycles. The van der Waals surface area contributed by atoms with E-state index < -0.39 is 0 Å². The highest BCUT2D eigenvalue weighted by molar-refractivity contribution is 6.34. The summed E-state index contributed by atoms with van der Waals surface area (Å²) in [6, 6.07) is 15.8. The minimum absolute atomic E-state index is 0.103. The molecule has 21 heavy (non-hydrogen) atoms. The Kier molecular flexibility index (Phi) is 4.37. The molecule has 0 aromatic heterocycles. The topological polar surface area (TPSA) is 20.3 Å². The third-order valence-corrected chi connectivity index (χ3v) is 4.38. The molecule has 0 unspecified atom stereocenters. The van der Waals surface area contributed by atoms with Gasteiger partial charge in [0.15, 0.2) is 5.78 Å².